The molecule has 0 radical (unpaired) electrons. The zero-order valence-corrected chi connectivity index (χ0v) is 22.1. The van der Waals surface area contributed by atoms with E-state index in [2.05, 4.69) is 31.7 Å². The summed E-state index contributed by atoms with van der Waals surface area (Å²) >= 11 is 0. The van der Waals surface area contributed by atoms with Gasteiger partial charge in [-0.15, -0.1) is 0 Å². The summed E-state index contributed by atoms with van der Waals surface area (Å²) in [5, 5.41) is 10.8. The first-order chi connectivity index (χ1) is 17.9. The van der Waals surface area contributed by atoms with Crippen molar-refractivity contribution in [2.75, 3.05) is 13.7 Å². The van der Waals surface area contributed by atoms with Crippen molar-refractivity contribution in [1.29, 1.82) is 0 Å². The normalized spacial score (nSPS) is 37.6. The number of esters is 1. The average Bonchev–Trinajstić information content (AvgIpc) is 3.63. The Labute approximate surface area is 220 Å². The Morgan fingerprint density at radius 2 is 2.08 bits per heavy atom. The lowest BCUT2D eigenvalue weighted by molar-refractivity contribution is -0.149. The molecule has 1 N–H and O–H groups in total. The number of cyclic esters (lactones) is 1. The van der Waals surface area contributed by atoms with Gasteiger partial charge in [-0.3, -0.25) is 0 Å². The van der Waals surface area contributed by atoms with E-state index in [0.717, 1.165) is 37.7 Å². The number of ether oxygens (including phenoxy) is 5. The van der Waals surface area contributed by atoms with Crippen LogP contribution < -0.4 is 0 Å². The van der Waals surface area contributed by atoms with Crippen molar-refractivity contribution in [2.45, 2.75) is 107 Å². The van der Waals surface area contributed by atoms with Crippen LogP contribution in [-0.4, -0.2) is 73.6 Å². The number of carbonyl (C=O) groups excluding carboxylic acids is 1. The van der Waals surface area contributed by atoms with Crippen molar-refractivity contribution in [3.63, 3.8) is 0 Å². The number of rotatable bonds is 4. The molecule has 0 aromatic heterocycles. The van der Waals surface area contributed by atoms with Gasteiger partial charge in [-0.2, -0.15) is 0 Å². The zero-order valence-electron chi connectivity index (χ0n) is 22.1. The monoisotopic (exact) mass is 514 g/mol. The first kappa shape index (κ1) is 28.0. The molecule has 0 aromatic rings. The molecule has 7 nitrogen and oxygen atoms in total. The molecule has 0 amide bonds. The number of epoxide rings is 1. The Morgan fingerprint density at radius 1 is 1.22 bits per heavy atom. The molecular formula is C30H42O7. The van der Waals surface area contributed by atoms with Gasteiger partial charge >= 0.3 is 5.97 Å². The van der Waals surface area contributed by atoms with E-state index in [1.165, 1.54) is 11.6 Å². The van der Waals surface area contributed by atoms with Crippen LogP contribution in [0.25, 0.3) is 0 Å². The number of aliphatic hydroxyl groups excluding tert-OH is 1. The second kappa shape index (κ2) is 13.7. The molecule has 2 bridgehead atoms. The van der Waals surface area contributed by atoms with E-state index in [1.807, 2.05) is 18.2 Å². The van der Waals surface area contributed by atoms with Gasteiger partial charge in [0.05, 0.1) is 37.1 Å². The van der Waals surface area contributed by atoms with Crippen LogP contribution in [0.2, 0.25) is 0 Å². The maximum atomic E-state index is 12.8. The van der Waals surface area contributed by atoms with Crippen LogP contribution in [0, 0.1) is 0 Å². The lowest BCUT2D eigenvalue weighted by Gasteiger charge is -2.26. The summed E-state index contributed by atoms with van der Waals surface area (Å²) < 4.78 is 29.4. The summed E-state index contributed by atoms with van der Waals surface area (Å²) in [6, 6.07) is 0. The molecule has 0 spiro atoms. The van der Waals surface area contributed by atoms with E-state index in [0.29, 0.717) is 25.9 Å². The minimum Gasteiger partial charge on any atom is -0.456 e. The van der Waals surface area contributed by atoms with Gasteiger partial charge in [-0.25, -0.2) is 4.79 Å². The number of methoxy groups -OCH3 is 1. The second-order valence-corrected chi connectivity index (χ2v) is 10.6. The van der Waals surface area contributed by atoms with Crippen LogP contribution >= 0.6 is 0 Å². The Hall–Kier alpha value is -2.03. The van der Waals surface area contributed by atoms with E-state index >= 15 is 0 Å². The molecule has 204 valence electrons. The van der Waals surface area contributed by atoms with Gasteiger partial charge in [-0.05, 0) is 51.9 Å². The van der Waals surface area contributed by atoms with Gasteiger partial charge in [0.1, 0.15) is 18.3 Å². The van der Waals surface area contributed by atoms with Crippen molar-refractivity contribution >= 4 is 5.97 Å². The second-order valence-electron chi connectivity index (χ2n) is 10.6. The molecule has 4 aliphatic rings. The van der Waals surface area contributed by atoms with Crippen molar-refractivity contribution in [3.8, 4) is 0 Å². The summed E-state index contributed by atoms with van der Waals surface area (Å²) in [5.74, 6) is -0.434. The van der Waals surface area contributed by atoms with E-state index in [-0.39, 0.29) is 30.5 Å². The molecule has 1 saturated heterocycles. The molecular weight excluding hydrogens is 472 g/mol. The minimum atomic E-state index is -0.632. The van der Waals surface area contributed by atoms with Gasteiger partial charge in [0.25, 0.3) is 0 Å². The Bertz CT molecular complexity index is 904. The largest absolute Gasteiger partial charge is 0.456 e. The van der Waals surface area contributed by atoms with Crippen LogP contribution in [0.3, 0.4) is 0 Å². The van der Waals surface area contributed by atoms with E-state index in [4.69, 9.17) is 23.7 Å². The van der Waals surface area contributed by atoms with Gasteiger partial charge in [0.2, 0.25) is 0 Å². The number of fused-ring (bicyclic) bond motifs is 3. The standard InChI is InChI=1S/C30H42O7/c1-20-7-4-8-22-9-5-10-23(35-22)11-6-12-29(32)36-27(19-28-30(37-28)25(31)18-20)26(33-3)14-13-24-17-21(2)15-16-34-24/h5-6,10,12-15,22-28,30-31H,1,4,7-9,11,16-19H2,2-3H3/b12-6+,14-13+/t22-,23+,24-,25+,26+,27+,28-,30+/m1/s1. The Kier molecular flexibility index (Phi) is 10.3. The Balaban J connectivity index is 1.46. The molecule has 4 rings (SSSR count). The highest BCUT2D eigenvalue weighted by Crippen LogP contribution is 2.34. The third-order valence-corrected chi connectivity index (χ3v) is 7.45. The van der Waals surface area contributed by atoms with E-state index in [1.54, 1.807) is 7.11 Å². The number of hydrogen-bond donors (Lipinski definition) is 1. The smallest absolute Gasteiger partial charge is 0.330 e. The molecule has 8 atom stereocenters. The van der Waals surface area contributed by atoms with Crippen molar-refractivity contribution < 1.29 is 33.6 Å². The maximum absolute atomic E-state index is 12.8. The van der Waals surface area contributed by atoms with Crippen LogP contribution in [0.15, 0.2) is 60.3 Å². The SMILES string of the molecule is C=C1CCC[C@@H]2CC=C[C@@H](C/C=C/C(=O)O[C@H]([C@H](/C=C/[C@@H]3CC(C)=CCO3)OC)C[C@H]3O[C@H]3[C@@H](O)C1)O2. The highest BCUT2D eigenvalue weighted by molar-refractivity contribution is 5.82. The van der Waals surface area contributed by atoms with Gasteiger partial charge in [-0.1, -0.05) is 54.2 Å². The first-order valence-electron chi connectivity index (χ1n) is 13.6. The molecule has 37 heavy (non-hydrogen) atoms. The third kappa shape index (κ3) is 8.76. The fraction of sp³-hybridized carbons (Fsp3) is 0.633. The molecule has 4 heterocycles. The van der Waals surface area contributed by atoms with Gasteiger partial charge in [0.15, 0.2) is 0 Å². The fourth-order valence-electron chi connectivity index (χ4n) is 5.28. The van der Waals surface area contributed by atoms with Gasteiger partial charge < -0.3 is 28.8 Å². The predicted molar refractivity (Wildman–Crippen MR) is 141 cm³/mol. The summed E-state index contributed by atoms with van der Waals surface area (Å²) in [6.45, 7) is 6.85. The van der Waals surface area contributed by atoms with Crippen LogP contribution in [0.1, 0.15) is 58.3 Å². The number of hydrogen-bond acceptors (Lipinski definition) is 7. The van der Waals surface area contributed by atoms with Crippen molar-refractivity contribution in [3.05, 3.63) is 60.3 Å². The first-order valence-corrected chi connectivity index (χ1v) is 13.6. The molecule has 7 heteroatoms. The molecule has 0 aromatic carbocycles. The minimum absolute atomic E-state index is 0.0393. The van der Waals surface area contributed by atoms with Crippen molar-refractivity contribution in [1.82, 2.24) is 0 Å². The molecule has 0 aliphatic carbocycles. The van der Waals surface area contributed by atoms with Crippen LogP contribution in [0.5, 0.6) is 0 Å². The van der Waals surface area contributed by atoms with Crippen molar-refractivity contribution in [2.24, 2.45) is 0 Å². The fourth-order valence-corrected chi connectivity index (χ4v) is 5.28. The zero-order chi connectivity index (χ0) is 26.2. The molecule has 0 saturated carbocycles. The van der Waals surface area contributed by atoms with Crippen LogP contribution in [-0.2, 0) is 28.5 Å². The summed E-state index contributed by atoms with van der Waals surface area (Å²) in [4.78, 5) is 12.8. The summed E-state index contributed by atoms with van der Waals surface area (Å²) in [5.41, 5.74) is 2.31. The third-order valence-electron chi connectivity index (χ3n) is 7.45. The number of aliphatic hydroxyl groups is 1. The molecule has 4 aliphatic heterocycles. The summed E-state index contributed by atoms with van der Waals surface area (Å²) in [7, 11) is 1.60. The lowest BCUT2D eigenvalue weighted by atomic mass is 9.97. The molecule has 1 fully saturated rings. The topological polar surface area (TPSA) is 86.8 Å². The maximum Gasteiger partial charge on any atom is 0.330 e. The van der Waals surface area contributed by atoms with Crippen LogP contribution in [0.4, 0.5) is 0 Å². The van der Waals surface area contributed by atoms with E-state index < -0.39 is 24.3 Å². The summed E-state index contributed by atoms with van der Waals surface area (Å²) in [6.07, 6.45) is 17.4. The quantitative estimate of drug-likeness (QED) is 0.335. The molecule has 0 unspecified atom stereocenters. The highest BCUT2D eigenvalue weighted by atomic mass is 16.6. The lowest BCUT2D eigenvalue weighted by Crippen LogP contribution is -2.34. The highest BCUT2D eigenvalue weighted by Gasteiger charge is 2.47. The number of carbonyl (C=O) groups is 1. The van der Waals surface area contributed by atoms with E-state index in [9.17, 15) is 9.90 Å². The predicted octanol–water partition coefficient (Wildman–Crippen LogP) is 4.51. The average molecular weight is 515 g/mol. The van der Waals surface area contributed by atoms with Gasteiger partial charge in [0, 0.05) is 19.6 Å². The Morgan fingerprint density at radius 3 is 2.89 bits per heavy atom.